The van der Waals surface area contributed by atoms with Crippen molar-refractivity contribution < 1.29 is 22.6 Å². The third-order valence-corrected chi connectivity index (χ3v) is 4.05. The van der Waals surface area contributed by atoms with Gasteiger partial charge in [0.2, 0.25) is 0 Å². The van der Waals surface area contributed by atoms with Crippen LogP contribution in [0, 0.1) is 0 Å². The lowest BCUT2D eigenvalue weighted by molar-refractivity contribution is -0.139. The molecule has 0 radical (unpaired) electrons. The van der Waals surface area contributed by atoms with E-state index in [4.69, 9.17) is 9.47 Å². The van der Waals surface area contributed by atoms with E-state index in [0.717, 1.165) is 23.9 Å². The molecule has 126 valence electrons. The molecule has 1 aliphatic heterocycles. The maximum absolute atomic E-state index is 12.7. The van der Waals surface area contributed by atoms with Crippen molar-refractivity contribution in [2.24, 2.45) is 0 Å². The summed E-state index contributed by atoms with van der Waals surface area (Å²) in [4.78, 5) is 0. The van der Waals surface area contributed by atoms with Gasteiger partial charge in [-0.25, -0.2) is 0 Å². The number of rotatable bonds is 4. The van der Waals surface area contributed by atoms with Crippen LogP contribution in [0.1, 0.15) is 12.8 Å². The number of nitrogens with zero attached hydrogens (tertiary/aromatic N) is 1. The minimum absolute atomic E-state index is 0.231. The summed E-state index contributed by atoms with van der Waals surface area (Å²) >= 11 is 0. The van der Waals surface area contributed by atoms with E-state index in [1.807, 2.05) is 0 Å². The van der Waals surface area contributed by atoms with Crippen molar-refractivity contribution in [3.63, 3.8) is 0 Å². The van der Waals surface area contributed by atoms with E-state index >= 15 is 0 Å². The summed E-state index contributed by atoms with van der Waals surface area (Å²) in [6.07, 6.45) is -1.06. The van der Waals surface area contributed by atoms with E-state index in [2.05, 4.69) is 5.32 Å². The predicted octanol–water partition coefficient (Wildman–Crippen LogP) is 3.80. The molecule has 1 aliphatic rings. The number of hydrogen-bond donors (Lipinski definition) is 1. The summed E-state index contributed by atoms with van der Waals surface area (Å²) in [6, 6.07) is 5.30. The van der Waals surface area contributed by atoms with E-state index in [-0.39, 0.29) is 6.04 Å². The fraction of sp³-hybridized carbons (Fsp3) is 0.500. The van der Waals surface area contributed by atoms with Crippen molar-refractivity contribution in [2.75, 3.05) is 25.6 Å². The lowest BCUT2D eigenvalue weighted by Crippen LogP contribution is -2.28. The zero-order valence-corrected chi connectivity index (χ0v) is 12.8. The van der Waals surface area contributed by atoms with E-state index in [1.54, 1.807) is 25.3 Å². The lowest BCUT2D eigenvalue weighted by Gasteiger charge is -2.25. The number of alkyl halides is 3. The smallest absolute Gasteiger partial charge is 0.406 e. The van der Waals surface area contributed by atoms with Gasteiger partial charge >= 0.3 is 6.18 Å². The first-order valence-electron chi connectivity index (χ1n) is 7.55. The highest BCUT2D eigenvalue weighted by molar-refractivity contribution is 5.96. The molecule has 0 amide bonds. The summed E-state index contributed by atoms with van der Waals surface area (Å²) in [7, 11) is 1.56. The van der Waals surface area contributed by atoms with Gasteiger partial charge in [0.15, 0.2) is 0 Å². The van der Waals surface area contributed by atoms with Gasteiger partial charge in [-0.2, -0.15) is 13.2 Å². The average Bonchev–Trinajstić information content (AvgIpc) is 2.90. The Morgan fingerprint density at radius 1 is 1.26 bits per heavy atom. The number of anilines is 1. The van der Waals surface area contributed by atoms with E-state index < -0.39 is 12.7 Å². The van der Waals surface area contributed by atoms with Gasteiger partial charge in [0, 0.05) is 30.8 Å². The van der Waals surface area contributed by atoms with Crippen LogP contribution in [0.25, 0.3) is 10.9 Å². The Hall–Kier alpha value is -1.89. The highest BCUT2D eigenvalue weighted by atomic mass is 19.4. The van der Waals surface area contributed by atoms with Gasteiger partial charge in [-0.05, 0) is 31.0 Å². The van der Waals surface area contributed by atoms with Gasteiger partial charge in [-0.1, -0.05) is 0 Å². The van der Waals surface area contributed by atoms with Crippen molar-refractivity contribution in [1.29, 1.82) is 0 Å². The normalized spacial score (nSPS) is 16.7. The first-order valence-corrected chi connectivity index (χ1v) is 7.55. The molecule has 1 aromatic carbocycles. The van der Waals surface area contributed by atoms with Crippen LogP contribution in [0.15, 0.2) is 24.4 Å². The Bertz CT molecular complexity index is 676. The molecule has 1 N–H and O–H groups in total. The van der Waals surface area contributed by atoms with E-state index in [0.29, 0.717) is 24.5 Å². The third kappa shape index (κ3) is 3.55. The van der Waals surface area contributed by atoms with Gasteiger partial charge in [-0.3, -0.25) is 0 Å². The molecule has 3 rings (SSSR count). The molecule has 23 heavy (non-hydrogen) atoms. The first kappa shape index (κ1) is 16.0. The monoisotopic (exact) mass is 328 g/mol. The minimum atomic E-state index is -4.25. The highest BCUT2D eigenvalue weighted by Crippen LogP contribution is 2.36. The second-order valence-electron chi connectivity index (χ2n) is 5.67. The zero-order valence-electron chi connectivity index (χ0n) is 12.8. The second kappa shape index (κ2) is 6.31. The van der Waals surface area contributed by atoms with Crippen LogP contribution in [-0.2, 0) is 11.3 Å². The zero-order chi connectivity index (χ0) is 16.4. The molecule has 0 aliphatic carbocycles. The molecular weight excluding hydrogens is 309 g/mol. The summed E-state index contributed by atoms with van der Waals surface area (Å²) in [5.74, 6) is 0.633. The SMILES string of the molecule is COc1ccc2c(ccn2CC(F)(F)F)c1NC1CCOCC1. The maximum Gasteiger partial charge on any atom is 0.406 e. The van der Waals surface area contributed by atoms with Crippen molar-refractivity contribution >= 4 is 16.6 Å². The topological polar surface area (TPSA) is 35.4 Å². The molecule has 1 fully saturated rings. The molecule has 2 heterocycles. The van der Waals surface area contributed by atoms with Crippen LogP contribution >= 0.6 is 0 Å². The first-order chi connectivity index (χ1) is 11.0. The van der Waals surface area contributed by atoms with Crippen molar-refractivity contribution in [3.8, 4) is 5.75 Å². The van der Waals surface area contributed by atoms with Crippen LogP contribution in [-0.4, -0.2) is 37.1 Å². The summed E-state index contributed by atoms with van der Waals surface area (Å²) in [5, 5.41) is 4.16. The van der Waals surface area contributed by atoms with E-state index in [1.165, 1.54) is 10.8 Å². The minimum Gasteiger partial charge on any atom is -0.495 e. The standard InChI is InChI=1S/C16H19F3N2O2/c1-22-14-3-2-13-12(4-7-21(13)10-16(17,18)19)15(14)20-11-5-8-23-9-6-11/h2-4,7,11,20H,5-6,8-10H2,1H3. The quantitative estimate of drug-likeness (QED) is 0.927. The number of aromatic nitrogens is 1. The van der Waals surface area contributed by atoms with Crippen LogP contribution in [0.3, 0.4) is 0 Å². The fourth-order valence-corrected chi connectivity index (χ4v) is 2.95. The molecular formula is C16H19F3N2O2. The molecule has 1 saturated heterocycles. The number of fused-ring (bicyclic) bond motifs is 1. The summed E-state index contributed by atoms with van der Waals surface area (Å²) in [6.45, 7) is 0.371. The van der Waals surface area contributed by atoms with Gasteiger partial charge in [0.05, 0.1) is 18.3 Å². The van der Waals surface area contributed by atoms with Crippen LogP contribution in [0.2, 0.25) is 0 Å². The predicted molar refractivity (Wildman–Crippen MR) is 82.0 cm³/mol. The maximum atomic E-state index is 12.7. The Morgan fingerprint density at radius 3 is 2.65 bits per heavy atom. The van der Waals surface area contributed by atoms with Gasteiger partial charge in [0.1, 0.15) is 12.3 Å². The molecule has 0 saturated carbocycles. The summed E-state index contributed by atoms with van der Waals surface area (Å²) < 4.78 is 50.0. The molecule has 4 nitrogen and oxygen atoms in total. The van der Waals surface area contributed by atoms with Gasteiger partial charge < -0.3 is 19.4 Å². The molecule has 1 aromatic heterocycles. The largest absolute Gasteiger partial charge is 0.495 e. The number of ether oxygens (including phenoxy) is 2. The molecule has 0 unspecified atom stereocenters. The number of methoxy groups -OCH3 is 1. The molecule has 0 bridgehead atoms. The second-order valence-corrected chi connectivity index (χ2v) is 5.67. The van der Waals surface area contributed by atoms with Gasteiger partial charge in [0.25, 0.3) is 0 Å². The number of benzene rings is 1. The fourth-order valence-electron chi connectivity index (χ4n) is 2.95. The Kier molecular flexibility index (Phi) is 4.39. The van der Waals surface area contributed by atoms with Crippen LogP contribution in [0.5, 0.6) is 5.75 Å². The number of halogens is 3. The average molecular weight is 328 g/mol. The highest BCUT2D eigenvalue weighted by Gasteiger charge is 2.29. The lowest BCUT2D eigenvalue weighted by atomic mass is 10.1. The van der Waals surface area contributed by atoms with Gasteiger partial charge in [-0.15, -0.1) is 0 Å². The van der Waals surface area contributed by atoms with Crippen molar-refractivity contribution in [2.45, 2.75) is 31.6 Å². The molecule has 0 spiro atoms. The third-order valence-electron chi connectivity index (χ3n) is 4.05. The number of hydrogen-bond acceptors (Lipinski definition) is 3. The Balaban J connectivity index is 1.96. The van der Waals surface area contributed by atoms with Crippen molar-refractivity contribution in [1.82, 2.24) is 4.57 Å². The molecule has 0 atom stereocenters. The van der Waals surface area contributed by atoms with Crippen LogP contribution < -0.4 is 10.1 Å². The number of nitrogens with one attached hydrogen (secondary N) is 1. The van der Waals surface area contributed by atoms with Crippen molar-refractivity contribution in [3.05, 3.63) is 24.4 Å². The van der Waals surface area contributed by atoms with Crippen LogP contribution in [0.4, 0.5) is 18.9 Å². The Labute approximate surface area is 132 Å². The molecule has 7 heteroatoms. The van der Waals surface area contributed by atoms with E-state index in [9.17, 15) is 13.2 Å². The Morgan fingerprint density at radius 2 is 2.00 bits per heavy atom. The summed E-state index contributed by atoms with van der Waals surface area (Å²) in [5.41, 5.74) is 1.29. The molecule has 2 aromatic rings.